The highest BCUT2D eigenvalue weighted by atomic mass is 19.1. The molecule has 4 N–H and O–H groups in total. The highest BCUT2D eigenvalue weighted by Crippen LogP contribution is 2.13. The molecule has 2 aromatic carbocycles. The molecule has 0 fully saturated rings. The number of benzene rings is 2. The number of hydrogen-bond donors (Lipinski definition) is 3. The second kappa shape index (κ2) is 10.2. The molecule has 0 saturated heterocycles. The van der Waals surface area contributed by atoms with Gasteiger partial charge in [0.2, 0.25) is 0 Å². The van der Waals surface area contributed by atoms with E-state index in [4.69, 9.17) is 10.5 Å². The minimum Gasteiger partial charge on any atom is -0.484 e. The van der Waals surface area contributed by atoms with E-state index in [1.807, 2.05) is 25.1 Å². The van der Waals surface area contributed by atoms with Crippen LogP contribution in [0.2, 0.25) is 0 Å². The van der Waals surface area contributed by atoms with E-state index >= 15 is 0 Å². The molecule has 0 unspecified atom stereocenters. The number of ether oxygens (including phenoxy) is 1. The number of primary amides is 1. The average Bonchev–Trinajstić information content (AvgIpc) is 2.64. The van der Waals surface area contributed by atoms with Crippen LogP contribution in [0.1, 0.15) is 16.7 Å². The molecular weight excluding hydrogens is 347 g/mol. The van der Waals surface area contributed by atoms with E-state index in [9.17, 15) is 9.18 Å². The summed E-state index contributed by atoms with van der Waals surface area (Å²) in [6, 6.07) is 12.2. The van der Waals surface area contributed by atoms with Crippen LogP contribution in [-0.4, -0.2) is 32.1 Å². The fourth-order valence-electron chi connectivity index (χ4n) is 2.56. The summed E-state index contributed by atoms with van der Waals surface area (Å²) in [5.74, 6) is 0.518. The SMILES string of the molecule is CN=C(NCCc1ccc(F)cc1C)NCc1cccc(OCC(N)=O)c1. The lowest BCUT2D eigenvalue weighted by Gasteiger charge is -2.13. The van der Waals surface area contributed by atoms with Crippen LogP contribution in [0.3, 0.4) is 0 Å². The van der Waals surface area contributed by atoms with Gasteiger partial charge in [-0.15, -0.1) is 0 Å². The Labute approximate surface area is 158 Å². The Hall–Kier alpha value is -3.09. The number of guanidine groups is 1. The molecule has 144 valence electrons. The van der Waals surface area contributed by atoms with Gasteiger partial charge < -0.3 is 21.1 Å². The number of carbonyl (C=O) groups excluding carboxylic acids is 1. The van der Waals surface area contributed by atoms with Crippen molar-refractivity contribution < 1.29 is 13.9 Å². The first kappa shape index (κ1) is 20.2. The second-order valence-corrected chi connectivity index (χ2v) is 6.08. The molecular formula is C20H25FN4O2. The topological polar surface area (TPSA) is 88.7 Å². The van der Waals surface area contributed by atoms with Crippen molar-refractivity contribution in [2.45, 2.75) is 19.9 Å². The maximum atomic E-state index is 13.2. The van der Waals surface area contributed by atoms with Crippen LogP contribution in [0.25, 0.3) is 0 Å². The number of aryl methyl sites for hydroxylation is 1. The summed E-state index contributed by atoms with van der Waals surface area (Å²) in [7, 11) is 1.70. The molecule has 7 heteroatoms. The van der Waals surface area contributed by atoms with E-state index in [1.165, 1.54) is 12.1 Å². The van der Waals surface area contributed by atoms with E-state index in [0.717, 1.165) is 23.1 Å². The summed E-state index contributed by atoms with van der Waals surface area (Å²) in [5, 5.41) is 6.46. The van der Waals surface area contributed by atoms with Gasteiger partial charge in [0.25, 0.3) is 5.91 Å². The van der Waals surface area contributed by atoms with Crippen LogP contribution in [0.4, 0.5) is 4.39 Å². The summed E-state index contributed by atoms with van der Waals surface area (Å²) in [6.07, 6.45) is 0.767. The fraction of sp³-hybridized carbons (Fsp3) is 0.300. The van der Waals surface area contributed by atoms with Gasteiger partial charge in [0.1, 0.15) is 11.6 Å². The van der Waals surface area contributed by atoms with Gasteiger partial charge in [-0.2, -0.15) is 0 Å². The Balaban J connectivity index is 1.81. The Morgan fingerprint density at radius 2 is 2.04 bits per heavy atom. The van der Waals surface area contributed by atoms with E-state index < -0.39 is 5.91 Å². The summed E-state index contributed by atoms with van der Waals surface area (Å²) < 4.78 is 18.5. The Kier molecular flexibility index (Phi) is 7.61. The zero-order valence-electron chi connectivity index (χ0n) is 15.6. The van der Waals surface area contributed by atoms with Crippen molar-refractivity contribution in [1.29, 1.82) is 0 Å². The van der Waals surface area contributed by atoms with Crippen LogP contribution < -0.4 is 21.1 Å². The average molecular weight is 372 g/mol. The predicted molar refractivity (Wildman–Crippen MR) is 104 cm³/mol. The molecule has 2 rings (SSSR count). The second-order valence-electron chi connectivity index (χ2n) is 6.08. The highest BCUT2D eigenvalue weighted by Gasteiger charge is 2.03. The first-order valence-electron chi connectivity index (χ1n) is 8.67. The molecule has 0 heterocycles. The van der Waals surface area contributed by atoms with Crippen molar-refractivity contribution in [1.82, 2.24) is 10.6 Å². The minimum atomic E-state index is -0.514. The number of nitrogens with one attached hydrogen (secondary N) is 2. The molecule has 0 spiro atoms. The van der Waals surface area contributed by atoms with Crippen molar-refractivity contribution in [3.8, 4) is 5.75 Å². The minimum absolute atomic E-state index is 0.150. The number of nitrogens with zero attached hydrogens (tertiary/aromatic N) is 1. The van der Waals surface area contributed by atoms with Crippen LogP contribution in [0.15, 0.2) is 47.5 Å². The van der Waals surface area contributed by atoms with Crippen molar-refractivity contribution in [2.75, 3.05) is 20.2 Å². The van der Waals surface area contributed by atoms with Gasteiger partial charge in [-0.05, 0) is 54.3 Å². The summed E-state index contributed by atoms with van der Waals surface area (Å²) in [6.45, 7) is 2.97. The van der Waals surface area contributed by atoms with Gasteiger partial charge in [0.15, 0.2) is 12.6 Å². The number of nitrogens with two attached hydrogens (primary N) is 1. The number of hydrogen-bond acceptors (Lipinski definition) is 3. The van der Waals surface area contributed by atoms with Crippen LogP contribution in [-0.2, 0) is 17.8 Å². The maximum Gasteiger partial charge on any atom is 0.255 e. The smallest absolute Gasteiger partial charge is 0.255 e. The molecule has 0 bridgehead atoms. The number of carbonyl (C=O) groups is 1. The highest BCUT2D eigenvalue weighted by molar-refractivity contribution is 5.79. The van der Waals surface area contributed by atoms with Gasteiger partial charge in [0.05, 0.1) is 0 Å². The lowest BCUT2D eigenvalue weighted by molar-refractivity contribution is -0.119. The predicted octanol–water partition coefficient (Wildman–Crippen LogP) is 1.91. The summed E-state index contributed by atoms with van der Waals surface area (Å²) in [5.41, 5.74) is 8.10. The lowest BCUT2D eigenvalue weighted by Crippen LogP contribution is -2.37. The molecule has 0 aromatic heterocycles. The number of rotatable bonds is 8. The standard InChI is InChI=1S/C20H25FN4O2/c1-14-10-17(21)7-6-16(14)8-9-24-20(23-2)25-12-15-4-3-5-18(11-15)27-13-19(22)26/h3-7,10-11H,8-9,12-13H2,1-2H3,(H2,22,26)(H2,23,24,25). The van der Waals surface area contributed by atoms with Crippen LogP contribution >= 0.6 is 0 Å². The first-order chi connectivity index (χ1) is 13.0. The normalized spacial score (nSPS) is 11.1. The monoisotopic (exact) mass is 372 g/mol. The van der Waals surface area contributed by atoms with Crippen LogP contribution in [0.5, 0.6) is 5.75 Å². The summed E-state index contributed by atoms with van der Waals surface area (Å²) in [4.78, 5) is 15.0. The first-order valence-corrected chi connectivity index (χ1v) is 8.67. The molecule has 6 nitrogen and oxygen atoms in total. The fourth-order valence-corrected chi connectivity index (χ4v) is 2.56. The molecule has 0 aliphatic rings. The van der Waals surface area contributed by atoms with Crippen molar-refractivity contribution >= 4 is 11.9 Å². The van der Waals surface area contributed by atoms with Gasteiger partial charge in [-0.25, -0.2) is 4.39 Å². The third-order valence-corrected chi connectivity index (χ3v) is 3.95. The largest absolute Gasteiger partial charge is 0.484 e. The number of halogens is 1. The van der Waals surface area contributed by atoms with Crippen molar-refractivity contribution in [3.63, 3.8) is 0 Å². The Morgan fingerprint density at radius 3 is 2.74 bits per heavy atom. The number of aliphatic imine (C=N–C) groups is 1. The van der Waals surface area contributed by atoms with E-state index in [0.29, 0.717) is 24.8 Å². The lowest BCUT2D eigenvalue weighted by atomic mass is 10.1. The van der Waals surface area contributed by atoms with Gasteiger partial charge in [-0.3, -0.25) is 9.79 Å². The Bertz CT molecular complexity index is 808. The van der Waals surface area contributed by atoms with Gasteiger partial charge in [0, 0.05) is 20.1 Å². The maximum absolute atomic E-state index is 13.2. The summed E-state index contributed by atoms with van der Waals surface area (Å²) >= 11 is 0. The third-order valence-electron chi connectivity index (χ3n) is 3.95. The van der Waals surface area contributed by atoms with E-state index in [2.05, 4.69) is 15.6 Å². The van der Waals surface area contributed by atoms with Crippen LogP contribution in [0, 0.1) is 12.7 Å². The van der Waals surface area contributed by atoms with E-state index in [-0.39, 0.29) is 12.4 Å². The molecule has 0 saturated carbocycles. The molecule has 27 heavy (non-hydrogen) atoms. The third kappa shape index (κ3) is 6.97. The zero-order chi connectivity index (χ0) is 19.6. The Morgan fingerprint density at radius 1 is 1.22 bits per heavy atom. The zero-order valence-corrected chi connectivity index (χ0v) is 15.6. The number of amides is 1. The quantitative estimate of drug-likeness (QED) is 0.488. The van der Waals surface area contributed by atoms with E-state index in [1.54, 1.807) is 19.2 Å². The molecule has 0 aliphatic carbocycles. The molecule has 0 aliphatic heterocycles. The van der Waals surface area contributed by atoms with Gasteiger partial charge >= 0.3 is 0 Å². The van der Waals surface area contributed by atoms with Crippen molar-refractivity contribution in [3.05, 3.63) is 65.0 Å². The molecule has 0 atom stereocenters. The molecule has 0 radical (unpaired) electrons. The van der Waals surface area contributed by atoms with Crippen molar-refractivity contribution in [2.24, 2.45) is 10.7 Å². The molecule has 1 amide bonds. The molecule has 2 aromatic rings. The van der Waals surface area contributed by atoms with Gasteiger partial charge in [-0.1, -0.05) is 18.2 Å².